The van der Waals surface area contributed by atoms with E-state index in [1.54, 1.807) is 0 Å². The van der Waals surface area contributed by atoms with Gasteiger partial charge in [0.15, 0.2) is 0 Å². The second-order valence-electron chi connectivity index (χ2n) is 4.51. The highest BCUT2D eigenvalue weighted by atomic mass is 16.5. The predicted octanol–water partition coefficient (Wildman–Crippen LogP) is 5.46. The number of unbranched alkanes of at least 4 members (excludes halogenated alkanes) is 8. The van der Waals surface area contributed by atoms with Crippen LogP contribution in [0.3, 0.4) is 0 Å². The van der Waals surface area contributed by atoms with Crippen LogP contribution in [0.1, 0.15) is 78.1 Å². The van der Waals surface area contributed by atoms with Crippen LogP contribution in [0.2, 0.25) is 0 Å². The standard InChI is InChI=1S/C15H30O/c1-3-5-7-8-9-10-11-13-15-16-14-12-6-4-2/h13,15H,3-12,14H2,1-2H3/b15-13+. The highest BCUT2D eigenvalue weighted by Crippen LogP contribution is 2.07. The maximum absolute atomic E-state index is 5.40. The van der Waals surface area contributed by atoms with Gasteiger partial charge in [-0.25, -0.2) is 0 Å². The molecule has 0 aliphatic carbocycles. The maximum Gasteiger partial charge on any atom is 0.0873 e. The Labute approximate surface area is 102 Å². The van der Waals surface area contributed by atoms with Crippen molar-refractivity contribution < 1.29 is 4.74 Å². The monoisotopic (exact) mass is 226 g/mol. The Bertz CT molecular complexity index is 140. The lowest BCUT2D eigenvalue weighted by Gasteiger charge is -1.99. The third-order valence-corrected chi connectivity index (χ3v) is 2.78. The fourth-order valence-electron chi connectivity index (χ4n) is 1.68. The summed E-state index contributed by atoms with van der Waals surface area (Å²) < 4.78 is 5.40. The van der Waals surface area contributed by atoms with Gasteiger partial charge >= 0.3 is 0 Å². The molecule has 0 rings (SSSR count). The van der Waals surface area contributed by atoms with Gasteiger partial charge in [-0.3, -0.25) is 0 Å². The smallest absolute Gasteiger partial charge is 0.0873 e. The molecule has 1 heteroatoms. The molecule has 1 nitrogen and oxygen atoms in total. The molecular formula is C15H30O. The quantitative estimate of drug-likeness (QED) is 0.317. The molecule has 0 bridgehead atoms. The highest BCUT2D eigenvalue weighted by molar-refractivity contribution is 4.73. The average molecular weight is 226 g/mol. The van der Waals surface area contributed by atoms with E-state index in [9.17, 15) is 0 Å². The lowest BCUT2D eigenvalue weighted by molar-refractivity contribution is 0.240. The van der Waals surface area contributed by atoms with Gasteiger partial charge in [0.25, 0.3) is 0 Å². The van der Waals surface area contributed by atoms with Crippen LogP contribution < -0.4 is 0 Å². The Morgan fingerprint density at radius 2 is 1.38 bits per heavy atom. The normalized spacial score (nSPS) is 11.1. The van der Waals surface area contributed by atoms with Crippen molar-refractivity contribution in [3.63, 3.8) is 0 Å². The maximum atomic E-state index is 5.40. The molecule has 0 fully saturated rings. The third kappa shape index (κ3) is 13.5. The van der Waals surface area contributed by atoms with Crippen LogP contribution in [-0.2, 0) is 4.74 Å². The van der Waals surface area contributed by atoms with E-state index in [1.165, 1.54) is 64.2 Å². The van der Waals surface area contributed by atoms with Crippen molar-refractivity contribution >= 4 is 0 Å². The average Bonchev–Trinajstić information content (AvgIpc) is 2.31. The molecule has 0 aliphatic rings. The number of allylic oxidation sites excluding steroid dienone is 1. The minimum absolute atomic E-state index is 0.890. The van der Waals surface area contributed by atoms with Crippen molar-refractivity contribution in [3.8, 4) is 0 Å². The first kappa shape index (κ1) is 15.5. The zero-order valence-electron chi connectivity index (χ0n) is 11.3. The molecule has 0 aromatic rings. The topological polar surface area (TPSA) is 9.23 Å². The Hall–Kier alpha value is -0.460. The zero-order valence-corrected chi connectivity index (χ0v) is 11.3. The van der Waals surface area contributed by atoms with Crippen LogP contribution in [0, 0.1) is 0 Å². The van der Waals surface area contributed by atoms with Crippen LogP contribution in [-0.4, -0.2) is 6.61 Å². The number of hydrogen-bond donors (Lipinski definition) is 0. The Morgan fingerprint density at radius 1 is 0.750 bits per heavy atom. The van der Waals surface area contributed by atoms with Gasteiger partial charge in [-0.15, -0.1) is 0 Å². The molecule has 0 N–H and O–H groups in total. The summed E-state index contributed by atoms with van der Waals surface area (Å²) in [7, 11) is 0. The molecular weight excluding hydrogens is 196 g/mol. The summed E-state index contributed by atoms with van der Waals surface area (Å²) in [6.07, 6.45) is 17.2. The first-order chi connectivity index (χ1) is 7.91. The van der Waals surface area contributed by atoms with Gasteiger partial charge in [-0.05, 0) is 25.3 Å². The van der Waals surface area contributed by atoms with Gasteiger partial charge in [-0.1, -0.05) is 58.8 Å². The molecule has 0 aromatic carbocycles. The van der Waals surface area contributed by atoms with E-state index in [1.807, 2.05) is 6.26 Å². The molecule has 0 unspecified atom stereocenters. The third-order valence-electron chi connectivity index (χ3n) is 2.78. The second-order valence-corrected chi connectivity index (χ2v) is 4.51. The molecule has 0 amide bonds. The molecule has 0 radical (unpaired) electrons. The molecule has 16 heavy (non-hydrogen) atoms. The van der Waals surface area contributed by atoms with Crippen molar-refractivity contribution in [1.82, 2.24) is 0 Å². The first-order valence-corrected chi connectivity index (χ1v) is 7.18. The Balaban J connectivity index is 2.98. The Morgan fingerprint density at radius 3 is 2.12 bits per heavy atom. The summed E-state index contributed by atoms with van der Waals surface area (Å²) in [6, 6.07) is 0. The lowest BCUT2D eigenvalue weighted by atomic mass is 10.1. The molecule has 0 atom stereocenters. The summed E-state index contributed by atoms with van der Waals surface area (Å²) in [5.41, 5.74) is 0. The summed E-state index contributed by atoms with van der Waals surface area (Å²) >= 11 is 0. The molecule has 0 saturated carbocycles. The molecule has 0 spiro atoms. The largest absolute Gasteiger partial charge is 0.502 e. The van der Waals surface area contributed by atoms with Crippen molar-refractivity contribution in [3.05, 3.63) is 12.3 Å². The fraction of sp³-hybridized carbons (Fsp3) is 0.867. The van der Waals surface area contributed by atoms with Crippen LogP contribution in [0.5, 0.6) is 0 Å². The summed E-state index contributed by atoms with van der Waals surface area (Å²) in [4.78, 5) is 0. The zero-order chi connectivity index (χ0) is 11.9. The van der Waals surface area contributed by atoms with Crippen LogP contribution >= 0.6 is 0 Å². The van der Waals surface area contributed by atoms with Gasteiger partial charge in [0.05, 0.1) is 12.9 Å². The number of ether oxygens (including phenoxy) is 1. The van der Waals surface area contributed by atoms with Gasteiger partial charge < -0.3 is 4.74 Å². The highest BCUT2D eigenvalue weighted by Gasteiger charge is 1.88. The molecule has 0 aromatic heterocycles. The SMILES string of the molecule is CCCCCCCC/C=C/OCCCCC. The second kappa shape index (κ2) is 14.5. The van der Waals surface area contributed by atoms with E-state index in [0.717, 1.165) is 6.61 Å². The molecule has 0 heterocycles. The summed E-state index contributed by atoms with van der Waals surface area (Å²) in [6.45, 7) is 5.37. The van der Waals surface area contributed by atoms with E-state index in [0.29, 0.717) is 0 Å². The van der Waals surface area contributed by atoms with Crippen molar-refractivity contribution in [2.45, 2.75) is 78.1 Å². The van der Waals surface area contributed by atoms with Gasteiger partial charge in [-0.2, -0.15) is 0 Å². The van der Waals surface area contributed by atoms with E-state index >= 15 is 0 Å². The lowest BCUT2D eigenvalue weighted by Crippen LogP contribution is -1.86. The van der Waals surface area contributed by atoms with Gasteiger partial charge in [0.2, 0.25) is 0 Å². The van der Waals surface area contributed by atoms with Crippen LogP contribution in [0.15, 0.2) is 12.3 Å². The van der Waals surface area contributed by atoms with E-state index in [-0.39, 0.29) is 0 Å². The van der Waals surface area contributed by atoms with E-state index in [4.69, 9.17) is 4.74 Å². The molecule has 0 aliphatic heterocycles. The minimum atomic E-state index is 0.890. The number of rotatable bonds is 12. The van der Waals surface area contributed by atoms with Gasteiger partial charge in [0.1, 0.15) is 0 Å². The van der Waals surface area contributed by atoms with Crippen LogP contribution in [0.25, 0.3) is 0 Å². The van der Waals surface area contributed by atoms with E-state index in [2.05, 4.69) is 19.9 Å². The number of hydrogen-bond acceptors (Lipinski definition) is 1. The van der Waals surface area contributed by atoms with Crippen molar-refractivity contribution in [2.75, 3.05) is 6.61 Å². The summed E-state index contributed by atoms with van der Waals surface area (Å²) in [5, 5.41) is 0. The van der Waals surface area contributed by atoms with Gasteiger partial charge in [0, 0.05) is 0 Å². The summed E-state index contributed by atoms with van der Waals surface area (Å²) in [5.74, 6) is 0. The fourth-order valence-corrected chi connectivity index (χ4v) is 1.68. The van der Waals surface area contributed by atoms with Crippen molar-refractivity contribution in [2.24, 2.45) is 0 Å². The molecule has 0 saturated heterocycles. The first-order valence-electron chi connectivity index (χ1n) is 7.18. The predicted molar refractivity (Wildman–Crippen MR) is 72.6 cm³/mol. The molecule has 96 valence electrons. The Kier molecular flexibility index (Phi) is 14.1. The van der Waals surface area contributed by atoms with Crippen LogP contribution in [0.4, 0.5) is 0 Å². The minimum Gasteiger partial charge on any atom is -0.502 e. The van der Waals surface area contributed by atoms with E-state index < -0.39 is 0 Å². The van der Waals surface area contributed by atoms with Crippen molar-refractivity contribution in [1.29, 1.82) is 0 Å².